The lowest BCUT2D eigenvalue weighted by Gasteiger charge is -2.20. The predicted molar refractivity (Wildman–Crippen MR) is 72.6 cm³/mol. The highest BCUT2D eigenvalue weighted by atomic mass is 16.1. The van der Waals surface area contributed by atoms with Crippen LogP contribution in [-0.2, 0) is 17.8 Å². The molecule has 1 aromatic heterocycles. The lowest BCUT2D eigenvalue weighted by Crippen LogP contribution is -2.30. The Morgan fingerprint density at radius 3 is 2.89 bits per heavy atom. The molecule has 2 N–H and O–H groups in total. The van der Waals surface area contributed by atoms with Crippen molar-refractivity contribution in [3.05, 3.63) is 11.6 Å². The van der Waals surface area contributed by atoms with E-state index in [1.807, 2.05) is 0 Å². The molecule has 6 heteroatoms. The summed E-state index contributed by atoms with van der Waals surface area (Å²) in [4.78, 5) is 11.4. The fourth-order valence-corrected chi connectivity index (χ4v) is 2.50. The Bertz CT molecular complexity index is 440. The van der Waals surface area contributed by atoms with E-state index < -0.39 is 0 Å². The zero-order chi connectivity index (χ0) is 13.8. The Hall–Kier alpha value is -1.43. The smallest absolute Gasteiger partial charge is 0.217 e. The number of amides is 1. The summed E-state index contributed by atoms with van der Waals surface area (Å²) in [6.07, 6.45) is 1.77. The summed E-state index contributed by atoms with van der Waals surface area (Å²) in [7, 11) is 0. The first kappa shape index (κ1) is 14.0. The summed E-state index contributed by atoms with van der Waals surface area (Å²) in [6.45, 7) is 8.58. The summed E-state index contributed by atoms with van der Waals surface area (Å²) < 4.78 is 2.16. The van der Waals surface area contributed by atoms with E-state index in [2.05, 4.69) is 39.2 Å². The van der Waals surface area contributed by atoms with Crippen molar-refractivity contribution < 1.29 is 4.79 Å². The molecule has 1 aliphatic rings. The summed E-state index contributed by atoms with van der Waals surface area (Å²) in [5, 5.41) is 14.9. The fourth-order valence-electron chi connectivity index (χ4n) is 2.50. The molecule has 19 heavy (non-hydrogen) atoms. The van der Waals surface area contributed by atoms with E-state index in [9.17, 15) is 4.79 Å². The van der Waals surface area contributed by atoms with Gasteiger partial charge in [0, 0.05) is 33.0 Å². The van der Waals surface area contributed by atoms with Gasteiger partial charge in [0.2, 0.25) is 5.91 Å². The molecular formula is C13H23N5O. The van der Waals surface area contributed by atoms with Crippen molar-refractivity contribution >= 4 is 5.91 Å². The number of carbonyl (C=O) groups is 1. The van der Waals surface area contributed by atoms with Gasteiger partial charge in [-0.2, -0.15) is 0 Å². The molecule has 6 nitrogen and oxygen atoms in total. The van der Waals surface area contributed by atoms with Crippen LogP contribution in [0.1, 0.15) is 44.9 Å². The van der Waals surface area contributed by atoms with Gasteiger partial charge in [0.25, 0.3) is 0 Å². The van der Waals surface area contributed by atoms with E-state index in [1.165, 1.54) is 0 Å². The van der Waals surface area contributed by atoms with Crippen molar-refractivity contribution in [1.82, 2.24) is 25.4 Å². The molecule has 106 valence electrons. The lowest BCUT2D eigenvalue weighted by molar-refractivity contribution is -0.119. The normalized spacial score (nSPS) is 16.8. The number of fused-ring (bicyclic) bond motifs is 1. The molecule has 1 unspecified atom stereocenters. The van der Waals surface area contributed by atoms with E-state index in [-0.39, 0.29) is 11.9 Å². The van der Waals surface area contributed by atoms with Crippen molar-refractivity contribution in [3.8, 4) is 0 Å². The molecule has 1 amide bonds. The van der Waals surface area contributed by atoms with Crippen molar-refractivity contribution in [3.63, 3.8) is 0 Å². The molecule has 1 aliphatic heterocycles. The first-order chi connectivity index (χ1) is 9.08. The van der Waals surface area contributed by atoms with Gasteiger partial charge in [-0.05, 0) is 12.3 Å². The average molecular weight is 265 g/mol. The lowest BCUT2D eigenvalue weighted by atomic mass is 10.0. The Morgan fingerprint density at radius 1 is 1.42 bits per heavy atom. The first-order valence-electron chi connectivity index (χ1n) is 6.97. The number of hydrogen-bond donors (Lipinski definition) is 2. The van der Waals surface area contributed by atoms with Gasteiger partial charge in [-0.1, -0.05) is 13.8 Å². The maximum Gasteiger partial charge on any atom is 0.217 e. The molecular weight excluding hydrogens is 242 g/mol. The van der Waals surface area contributed by atoms with E-state index in [1.54, 1.807) is 6.92 Å². The van der Waals surface area contributed by atoms with Crippen LogP contribution in [0.15, 0.2) is 0 Å². The Labute approximate surface area is 114 Å². The number of carbonyl (C=O) groups excluding carboxylic acids is 1. The first-order valence-corrected chi connectivity index (χ1v) is 6.97. The third-order valence-electron chi connectivity index (χ3n) is 3.29. The van der Waals surface area contributed by atoms with E-state index >= 15 is 0 Å². The summed E-state index contributed by atoms with van der Waals surface area (Å²) in [5.41, 5.74) is 0. The second-order valence-corrected chi connectivity index (χ2v) is 5.51. The highest BCUT2D eigenvalue weighted by molar-refractivity contribution is 5.73. The minimum atomic E-state index is -0.0446. The van der Waals surface area contributed by atoms with Gasteiger partial charge in [0.15, 0.2) is 5.82 Å². The zero-order valence-electron chi connectivity index (χ0n) is 11.9. The fraction of sp³-hybridized carbons (Fsp3) is 0.769. The number of nitrogens with zero attached hydrogens (tertiary/aromatic N) is 3. The molecule has 0 spiro atoms. The van der Waals surface area contributed by atoms with Gasteiger partial charge in [-0.3, -0.25) is 4.79 Å². The molecule has 0 fully saturated rings. The maximum atomic E-state index is 11.4. The molecule has 2 rings (SSSR count). The van der Waals surface area contributed by atoms with Gasteiger partial charge in [-0.15, -0.1) is 10.2 Å². The third kappa shape index (κ3) is 3.53. The molecule has 0 aliphatic carbocycles. The van der Waals surface area contributed by atoms with Crippen LogP contribution in [0.25, 0.3) is 0 Å². The molecule has 0 aromatic carbocycles. The molecule has 0 bridgehead atoms. The number of aromatic nitrogens is 3. The Kier molecular flexibility index (Phi) is 4.52. The van der Waals surface area contributed by atoms with Gasteiger partial charge in [0.1, 0.15) is 5.82 Å². The summed E-state index contributed by atoms with van der Waals surface area (Å²) in [5.74, 6) is 2.38. The molecule has 0 saturated carbocycles. The highest BCUT2D eigenvalue weighted by Crippen LogP contribution is 2.21. The topological polar surface area (TPSA) is 71.8 Å². The average Bonchev–Trinajstić information content (AvgIpc) is 2.56. The summed E-state index contributed by atoms with van der Waals surface area (Å²) >= 11 is 0. The second kappa shape index (κ2) is 6.14. The van der Waals surface area contributed by atoms with Crippen LogP contribution < -0.4 is 10.6 Å². The minimum absolute atomic E-state index is 0.0188. The van der Waals surface area contributed by atoms with Crippen molar-refractivity contribution in [2.75, 3.05) is 13.1 Å². The van der Waals surface area contributed by atoms with Crippen molar-refractivity contribution in [1.29, 1.82) is 0 Å². The van der Waals surface area contributed by atoms with Crippen LogP contribution in [0.5, 0.6) is 0 Å². The maximum absolute atomic E-state index is 11.4. The van der Waals surface area contributed by atoms with Crippen LogP contribution in [0, 0.1) is 5.92 Å². The number of hydrogen-bond acceptors (Lipinski definition) is 4. The van der Waals surface area contributed by atoms with E-state index in [0.717, 1.165) is 44.1 Å². The van der Waals surface area contributed by atoms with Gasteiger partial charge < -0.3 is 15.2 Å². The number of rotatable bonds is 4. The quantitative estimate of drug-likeness (QED) is 0.838. The predicted octanol–water partition coefficient (Wildman–Crippen LogP) is 0.647. The Balaban J connectivity index is 2.25. The van der Waals surface area contributed by atoms with Crippen molar-refractivity contribution in [2.24, 2.45) is 5.92 Å². The standard InChI is InChI=1S/C13H23N5O/c1-9(2)8-11(15-10(3)19)13-17-16-12-4-5-14-6-7-18(12)13/h9,11,14H,4-8H2,1-3H3,(H,15,19). The van der Waals surface area contributed by atoms with Crippen LogP contribution in [0.2, 0.25) is 0 Å². The van der Waals surface area contributed by atoms with Crippen LogP contribution in [0.4, 0.5) is 0 Å². The highest BCUT2D eigenvalue weighted by Gasteiger charge is 2.23. The molecule has 1 atom stereocenters. The zero-order valence-corrected chi connectivity index (χ0v) is 11.9. The number of nitrogens with one attached hydrogen (secondary N) is 2. The SMILES string of the molecule is CC(=O)NC(CC(C)C)c1nnc2n1CCNCC2. The van der Waals surface area contributed by atoms with E-state index in [4.69, 9.17) is 0 Å². The largest absolute Gasteiger partial charge is 0.346 e. The van der Waals surface area contributed by atoms with Crippen molar-refractivity contribution in [2.45, 2.75) is 46.2 Å². The van der Waals surface area contributed by atoms with Crippen LogP contribution in [0.3, 0.4) is 0 Å². The molecule has 0 saturated heterocycles. The monoisotopic (exact) mass is 265 g/mol. The minimum Gasteiger partial charge on any atom is -0.346 e. The Morgan fingerprint density at radius 2 is 2.21 bits per heavy atom. The third-order valence-corrected chi connectivity index (χ3v) is 3.29. The van der Waals surface area contributed by atoms with Crippen LogP contribution in [-0.4, -0.2) is 33.8 Å². The summed E-state index contributed by atoms with van der Waals surface area (Å²) in [6, 6.07) is -0.0446. The van der Waals surface area contributed by atoms with Crippen LogP contribution >= 0.6 is 0 Å². The molecule has 1 aromatic rings. The molecule has 0 radical (unpaired) electrons. The van der Waals surface area contributed by atoms with E-state index in [0.29, 0.717) is 5.92 Å². The van der Waals surface area contributed by atoms with Gasteiger partial charge in [-0.25, -0.2) is 0 Å². The molecule has 2 heterocycles. The second-order valence-electron chi connectivity index (χ2n) is 5.51. The van der Waals surface area contributed by atoms with Gasteiger partial charge >= 0.3 is 0 Å². The van der Waals surface area contributed by atoms with Gasteiger partial charge in [0.05, 0.1) is 6.04 Å².